The number of para-hydroxylation sites is 1. The van der Waals surface area contributed by atoms with E-state index in [1.807, 2.05) is 6.07 Å². The molecule has 0 spiro atoms. The molecular formula is C24H22F4N4O3. The van der Waals surface area contributed by atoms with E-state index in [1.54, 1.807) is 30.3 Å². The van der Waals surface area contributed by atoms with E-state index in [0.29, 0.717) is 16.9 Å². The highest BCUT2D eigenvalue weighted by Gasteiger charge is 2.37. The molecule has 0 radical (unpaired) electrons. The maximum Gasteiger partial charge on any atom is 0.414 e. The van der Waals surface area contributed by atoms with E-state index in [9.17, 15) is 27.2 Å². The van der Waals surface area contributed by atoms with Gasteiger partial charge in [-0.3, -0.25) is 9.59 Å². The van der Waals surface area contributed by atoms with Crippen molar-refractivity contribution in [3.05, 3.63) is 66.0 Å². The predicted octanol–water partition coefficient (Wildman–Crippen LogP) is 4.22. The molecule has 3 aromatic rings. The summed E-state index contributed by atoms with van der Waals surface area (Å²) >= 11 is 0. The number of nitrogens with one attached hydrogen (secondary N) is 2. The molecule has 1 aliphatic heterocycles. The summed E-state index contributed by atoms with van der Waals surface area (Å²) in [5.74, 6) is -1.61. The number of hydrogen-bond acceptors (Lipinski definition) is 4. The molecule has 2 heterocycles. The first-order chi connectivity index (χ1) is 16.6. The van der Waals surface area contributed by atoms with Gasteiger partial charge in [-0.25, -0.2) is 9.07 Å². The SMILES string of the molecule is C[C@@H](OCc1cc(-c2cc(NC(=O)[C@@H]3CNC(=O)C3)nn2-c2ccccc2)ccc1F)C(F)(F)F. The van der Waals surface area contributed by atoms with Gasteiger partial charge < -0.3 is 15.4 Å². The maximum absolute atomic E-state index is 14.4. The monoisotopic (exact) mass is 490 g/mol. The van der Waals surface area contributed by atoms with Gasteiger partial charge in [-0.1, -0.05) is 18.2 Å². The summed E-state index contributed by atoms with van der Waals surface area (Å²) in [5, 5.41) is 9.75. The number of halogens is 4. The molecule has 0 unspecified atom stereocenters. The van der Waals surface area contributed by atoms with Crippen molar-refractivity contribution < 1.29 is 31.9 Å². The summed E-state index contributed by atoms with van der Waals surface area (Å²) in [5.41, 5.74) is 1.52. The lowest BCUT2D eigenvalue weighted by molar-refractivity contribution is -0.217. The highest BCUT2D eigenvalue weighted by atomic mass is 19.4. The van der Waals surface area contributed by atoms with Crippen molar-refractivity contribution in [2.75, 3.05) is 11.9 Å². The van der Waals surface area contributed by atoms with E-state index in [0.717, 1.165) is 13.0 Å². The quantitative estimate of drug-likeness (QED) is 0.486. The van der Waals surface area contributed by atoms with E-state index in [-0.39, 0.29) is 36.2 Å². The van der Waals surface area contributed by atoms with Crippen molar-refractivity contribution in [2.24, 2.45) is 5.92 Å². The van der Waals surface area contributed by atoms with Crippen molar-refractivity contribution in [1.82, 2.24) is 15.1 Å². The fourth-order valence-corrected chi connectivity index (χ4v) is 3.59. The Kier molecular flexibility index (Phi) is 6.88. The molecule has 1 fully saturated rings. The molecule has 2 aromatic carbocycles. The molecule has 1 aromatic heterocycles. The Hall–Kier alpha value is -3.73. The van der Waals surface area contributed by atoms with Crippen LogP contribution in [0.2, 0.25) is 0 Å². The van der Waals surface area contributed by atoms with Gasteiger partial charge in [-0.15, -0.1) is 5.10 Å². The molecule has 4 rings (SSSR count). The van der Waals surface area contributed by atoms with Gasteiger partial charge in [-0.2, -0.15) is 13.2 Å². The highest BCUT2D eigenvalue weighted by molar-refractivity contribution is 5.97. The average Bonchev–Trinajstić information content (AvgIpc) is 3.45. The van der Waals surface area contributed by atoms with Crippen LogP contribution in [-0.2, 0) is 20.9 Å². The van der Waals surface area contributed by atoms with Gasteiger partial charge >= 0.3 is 6.18 Å². The molecule has 2 N–H and O–H groups in total. The van der Waals surface area contributed by atoms with Crippen molar-refractivity contribution in [3.63, 3.8) is 0 Å². The van der Waals surface area contributed by atoms with Crippen molar-refractivity contribution in [1.29, 1.82) is 0 Å². The fourth-order valence-electron chi connectivity index (χ4n) is 3.59. The third kappa shape index (κ3) is 5.68. The predicted molar refractivity (Wildman–Crippen MR) is 119 cm³/mol. The lowest BCUT2D eigenvalue weighted by Crippen LogP contribution is -2.28. The number of rotatable bonds is 7. The minimum Gasteiger partial charge on any atom is -0.364 e. The molecule has 11 heteroatoms. The van der Waals surface area contributed by atoms with Crippen LogP contribution in [-0.4, -0.2) is 40.4 Å². The Labute approximate surface area is 198 Å². The molecule has 0 saturated carbocycles. The van der Waals surface area contributed by atoms with Gasteiger partial charge in [0.25, 0.3) is 0 Å². The number of carbonyl (C=O) groups is 2. The number of carbonyl (C=O) groups excluding carboxylic acids is 2. The maximum atomic E-state index is 14.4. The zero-order valence-electron chi connectivity index (χ0n) is 18.6. The van der Waals surface area contributed by atoms with Crippen molar-refractivity contribution >= 4 is 17.6 Å². The first-order valence-corrected chi connectivity index (χ1v) is 10.8. The van der Waals surface area contributed by atoms with Crippen LogP contribution in [0.1, 0.15) is 18.9 Å². The number of benzene rings is 2. The highest BCUT2D eigenvalue weighted by Crippen LogP contribution is 2.29. The number of nitrogens with zero attached hydrogens (tertiary/aromatic N) is 2. The number of ether oxygens (including phenoxy) is 1. The van der Waals surface area contributed by atoms with E-state index in [2.05, 4.69) is 15.7 Å². The number of amides is 2. The molecule has 0 bridgehead atoms. The lowest BCUT2D eigenvalue weighted by atomic mass is 10.1. The molecule has 2 atom stereocenters. The van der Waals surface area contributed by atoms with E-state index in [1.165, 1.54) is 16.8 Å². The molecule has 2 amide bonds. The topological polar surface area (TPSA) is 85.2 Å². The van der Waals surface area contributed by atoms with Gasteiger partial charge in [0.05, 0.1) is 23.9 Å². The third-order valence-electron chi connectivity index (χ3n) is 5.60. The Morgan fingerprint density at radius 3 is 2.63 bits per heavy atom. The summed E-state index contributed by atoms with van der Waals surface area (Å²) in [6.45, 7) is 0.509. The van der Waals surface area contributed by atoms with Crippen LogP contribution in [0.25, 0.3) is 16.9 Å². The lowest BCUT2D eigenvalue weighted by Gasteiger charge is -2.17. The molecule has 7 nitrogen and oxygen atoms in total. The van der Waals surface area contributed by atoms with Crippen LogP contribution in [0.15, 0.2) is 54.6 Å². The van der Waals surface area contributed by atoms with Crippen LogP contribution < -0.4 is 10.6 Å². The smallest absolute Gasteiger partial charge is 0.364 e. The first kappa shape index (κ1) is 24.4. The normalized spacial score (nSPS) is 16.7. The van der Waals surface area contributed by atoms with E-state index < -0.39 is 30.6 Å². The summed E-state index contributed by atoms with van der Waals surface area (Å²) in [7, 11) is 0. The zero-order chi connectivity index (χ0) is 25.2. The van der Waals surface area contributed by atoms with Gasteiger partial charge in [-0.05, 0) is 37.3 Å². The largest absolute Gasteiger partial charge is 0.414 e. The standard InChI is InChI=1S/C24H22F4N4O3/c1-14(24(26,27)28)35-13-17-9-15(7-8-19(17)25)20-11-21(30-23(34)16-10-22(33)29-12-16)31-32(20)18-5-3-2-4-6-18/h2-9,11,14,16H,10,12-13H2,1H3,(H,29,33)(H,30,31,34)/t14-,16+/m1/s1. The van der Waals surface area contributed by atoms with Gasteiger partial charge in [0, 0.05) is 30.2 Å². The van der Waals surface area contributed by atoms with Crippen LogP contribution >= 0.6 is 0 Å². The number of anilines is 1. The van der Waals surface area contributed by atoms with Crippen LogP contribution in [0.5, 0.6) is 0 Å². The van der Waals surface area contributed by atoms with Gasteiger partial charge in [0.15, 0.2) is 11.9 Å². The zero-order valence-corrected chi connectivity index (χ0v) is 18.6. The molecule has 35 heavy (non-hydrogen) atoms. The summed E-state index contributed by atoms with van der Waals surface area (Å²) in [4.78, 5) is 24.0. The molecule has 0 aliphatic carbocycles. The average molecular weight is 490 g/mol. The van der Waals surface area contributed by atoms with Crippen LogP contribution in [0.4, 0.5) is 23.4 Å². The van der Waals surface area contributed by atoms with E-state index in [4.69, 9.17) is 4.74 Å². The molecule has 1 aliphatic rings. The van der Waals surface area contributed by atoms with Crippen molar-refractivity contribution in [2.45, 2.75) is 32.2 Å². The van der Waals surface area contributed by atoms with Crippen LogP contribution in [0.3, 0.4) is 0 Å². The third-order valence-corrected chi connectivity index (χ3v) is 5.60. The Balaban J connectivity index is 1.65. The number of alkyl halides is 3. The minimum absolute atomic E-state index is 0.0551. The molecule has 1 saturated heterocycles. The first-order valence-electron chi connectivity index (χ1n) is 10.8. The van der Waals surface area contributed by atoms with Gasteiger partial charge in [0.1, 0.15) is 5.82 Å². The van der Waals surface area contributed by atoms with Crippen LogP contribution in [0, 0.1) is 11.7 Å². The Bertz CT molecular complexity index is 1230. The van der Waals surface area contributed by atoms with Gasteiger partial charge in [0.2, 0.25) is 11.8 Å². The van der Waals surface area contributed by atoms with Crippen molar-refractivity contribution in [3.8, 4) is 16.9 Å². The molecular weight excluding hydrogens is 468 g/mol. The number of aromatic nitrogens is 2. The fraction of sp³-hybridized carbons (Fsp3) is 0.292. The second kappa shape index (κ2) is 9.87. The summed E-state index contributed by atoms with van der Waals surface area (Å²) in [6.07, 6.45) is -6.54. The summed E-state index contributed by atoms with van der Waals surface area (Å²) < 4.78 is 59.1. The van der Waals surface area contributed by atoms with E-state index >= 15 is 0 Å². The Morgan fingerprint density at radius 1 is 1.23 bits per heavy atom. The Morgan fingerprint density at radius 2 is 1.97 bits per heavy atom. The summed E-state index contributed by atoms with van der Waals surface area (Å²) in [6, 6.07) is 14.5. The molecule has 184 valence electrons. The number of hydrogen-bond donors (Lipinski definition) is 2. The second-order valence-electron chi connectivity index (χ2n) is 8.16. The second-order valence-corrected chi connectivity index (χ2v) is 8.16. The minimum atomic E-state index is -4.56.